The molecule has 72 valence electrons. The Morgan fingerprint density at radius 2 is 2.25 bits per heavy atom. The van der Waals surface area contributed by atoms with Gasteiger partial charge >= 0.3 is 0 Å². The molecule has 1 saturated heterocycles. The minimum absolute atomic E-state index is 0.352. The van der Waals surface area contributed by atoms with E-state index in [0.717, 1.165) is 13.0 Å². The molecule has 1 heterocycles. The van der Waals surface area contributed by atoms with E-state index in [2.05, 4.69) is 5.32 Å². The Hall–Kier alpha value is -0.130. The summed E-state index contributed by atoms with van der Waals surface area (Å²) in [4.78, 5) is 0. The number of hydrogen-bond acceptors (Lipinski definition) is 3. The first-order chi connectivity index (χ1) is 5.54. The van der Waals surface area contributed by atoms with Crippen LogP contribution in [0.15, 0.2) is 0 Å². The van der Waals surface area contributed by atoms with Gasteiger partial charge in [0.15, 0.2) is 0 Å². The Labute approximate surface area is 74.0 Å². The molecule has 0 saturated carbocycles. The first kappa shape index (κ1) is 9.95. The van der Waals surface area contributed by atoms with Gasteiger partial charge in [0.1, 0.15) is 0 Å². The number of nitrogens with zero attached hydrogens (tertiary/aromatic N) is 1. The standard InChI is InChI=1S/C7H16N2O2S/c1-3-8-7-4-5-9(6-7)12(2,10)11/h7-8H,3-6H2,1-2H3/t7-/m0/s1. The average Bonchev–Trinajstić information content (AvgIpc) is 2.35. The maximum atomic E-state index is 11.1. The molecule has 0 radical (unpaired) electrons. The van der Waals surface area contributed by atoms with Crippen LogP contribution in [0.2, 0.25) is 0 Å². The fourth-order valence-electron chi connectivity index (χ4n) is 1.48. The zero-order chi connectivity index (χ0) is 9.19. The summed E-state index contributed by atoms with van der Waals surface area (Å²) < 4.78 is 23.7. The molecule has 0 aromatic carbocycles. The fraction of sp³-hybridized carbons (Fsp3) is 1.00. The summed E-state index contributed by atoms with van der Waals surface area (Å²) in [6, 6.07) is 0.352. The van der Waals surface area contributed by atoms with Crippen molar-refractivity contribution in [2.24, 2.45) is 0 Å². The molecule has 0 unspecified atom stereocenters. The van der Waals surface area contributed by atoms with E-state index in [4.69, 9.17) is 0 Å². The van der Waals surface area contributed by atoms with Gasteiger partial charge in [-0.25, -0.2) is 12.7 Å². The van der Waals surface area contributed by atoms with E-state index in [9.17, 15) is 8.42 Å². The molecule has 1 N–H and O–H groups in total. The van der Waals surface area contributed by atoms with E-state index in [0.29, 0.717) is 19.1 Å². The molecule has 0 amide bonds. The highest BCUT2D eigenvalue weighted by atomic mass is 32.2. The van der Waals surface area contributed by atoms with Crippen molar-refractivity contribution < 1.29 is 8.42 Å². The highest BCUT2D eigenvalue weighted by molar-refractivity contribution is 7.88. The first-order valence-electron chi connectivity index (χ1n) is 4.22. The van der Waals surface area contributed by atoms with Crippen LogP contribution in [0, 0.1) is 0 Å². The van der Waals surface area contributed by atoms with Crippen molar-refractivity contribution >= 4 is 10.0 Å². The largest absolute Gasteiger partial charge is 0.313 e. The molecule has 1 aliphatic rings. The van der Waals surface area contributed by atoms with Crippen LogP contribution in [0.25, 0.3) is 0 Å². The van der Waals surface area contributed by atoms with Gasteiger partial charge in [-0.05, 0) is 13.0 Å². The highest BCUT2D eigenvalue weighted by Crippen LogP contribution is 2.11. The summed E-state index contributed by atoms with van der Waals surface area (Å²) in [7, 11) is -2.96. The number of sulfonamides is 1. The molecule has 1 rings (SSSR count). The molecule has 0 aliphatic carbocycles. The van der Waals surface area contributed by atoms with Crippen LogP contribution in [0.4, 0.5) is 0 Å². The SMILES string of the molecule is CCN[C@H]1CCN(S(C)(=O)=O)C1. The quantitative estimate of drug-likeness (QED) is 0.664. The van der Waals surface area contributed by atoms with Crippen molar-refractivity contribution in [3.63, 3.8) is 0 Å². The van der Waals surface area contributed by atoms with Gasteiger partial charge in [0.25, 0.3) is 0 Å². The van der Waals surface area contributed by atoms with Crippen LogP contribution in [0.5, 0.6) is 0 Å². The maximum absolute atomic E-state index is 11.1. The number of hydrogen-bond donors (Lipinski definition) is 1. The molecule has 12 heavy (non-hydrogen) atoms. The van der Waals surface area contributed by atoms with E-state index in [1.54, 1.807) is 0 Å². The summed E-state index contributed by atoms with van der Waals surface area (Å²) in [5.41, 5.74) is 0. The molecule has 0 aromatic rings. The minimum Gasteiger partial charge on any atom is -0.313 e. The van der Waals surface area contributed by atoms with Gasteiger partial charge in [-0.3, -0.25) is 0 Å². The summed E-state index contributed by atoms with van der Waals surface area (Å²) in [6.07, 6.45) is 2.20. The lowest BCUT2D eigenvalue weighted by molar-refractivity contribution is 0.464. The van der Waals surface area contributed by atoms with Gasteiger partial charge in [0.2, 0.25) is 10.0 Å². The van der Waals surface area contributed by atoms with Crippen molar-refractivity contribution in [2.75, 3.05) is 25.9 Å². The Bertz CT molecular complexity index is 238. The van der Waals surface area contributed by atoms with Crippen LogP contribution >= 0.6 is 0 Å². The molecule has 0 bridgehead atoms. The van der Waals surface area contributed by atoms with Gasteiger partial charge in [0.05, 0.1) is 6.26 Å². The van der Waals surface area contributed by atoms with Crippen molar-refractivity contribution in [3.8, 4) is 0 Å². The van der Waals surface area contributed by atoms with Gasteiger partial charge in [-0.15, -0.1) is 0 Å². The Balaban J connectivity index is 2.46. The highest BCUT2D eigenvalue weighted by Gasteiger charge is 2.27. The van der Waals surface area contributed by atoms with Crippen LogP contribution in [-0.4, -0.2) is 44.7 Å². The van der Waals surface area contributed by atoms with E-state index in [-0.39, 0.29) is 0 Å². The average molecular weight is 192 g/mol. The number of likely N-dealkylation sites (N-methyl/N-ethyl adjacent to an activating group) is 1. The van der Waals surface area contributed by atoms with Gasteiger partial charge < -0.3 is 5.32 Å². The number of rotatable bonds is 3. The third kappa shape index (κ3) is 2.43. The van der Waals surface area contributed by atoms with Crippen molar-refractivity contribution in [1.82, 2.24) is 9.62 Å². The molecule has 1 fully saturated rings. The fourth-order valence-corrected chi connectivity index (χ4v) is 2.37. The maximum Gasteiger partial charge on any atom is 0.211 e. The molecule has 4 nitrogen and oxygen atoms in total. The monoisotopic (exact) mass is 192 g/mol. The molecule has 5 heteroatoms. The van der Waals surface area contributed by atoms with E-state index in [1.165, 1.54) is 10.6 Å². The topological polar surface area (TPSA) is 49.4 Å². The second kappa shape index (κ2) is 3.72. The second-order valence-electron chi connectivity index (χ2n) is 3.16. The molecule has 1 atom stereocenters. The van der Waals surface area contributed by atoms with E-state index < -0.39 is 10.0 Å². The molecule has 1 aliphatic heterocycles. The van der Waals surface area contributed by atoms with Crippen LogP contribution < -0.4 is 5.32 Å². The molecule has 0 aromatic heterocycles. The van der Waals surface area contributed by atoms with Crippen molar-refractivity contribution in [3.05, 3.63) is 0 Å². The Morgan fingerprint density at radius 1 is 1.58 bits per heavy atom. The molecular formula is C7H16N2O2S. The normalized spacial score (nSPS) is 26.3. The van der Waals surface area contributed by atoms with Crippen LogP contribution in [0.3, 0.4) is 0 Å². The van der Waals surface area contributed by atoms with Crippen molar-refractivity contribution in [2.45, 2.75) is 19.4 Å². The van der Waals surface area contributed by atoms with Gasteiger partial charge in [0, 0.05) is 19.1 Å². The lowest BCUT2D eigenvalue weighted by Gasteiger charge is -2.13. The summed E-state index contributed by atoms with van der Waals surface area (Å²) >= 11 is 0. The Morgan fingerprint density at radius 3 is 2.67 bits per heavy atom. The van der Waals surface area contributed by atoms with Crippen molar-refractivity contribution in [1.29, 1.82) is 0 Å². The second-order valence-corrected chi connectivity index (χ2v) is 5.15. The minimum atomic E-state index is -2.96. The Kier molecular flexibility index (Phi) is 3.09. The molecule has 0 spiro atoms. The molecular weight excluding hydrogens is 176 g/mol. The van der Waals surface area contributed by atoms with Crippen LogP contribution in [-0.2, 0) is 10.0 Å². The predicted octanol–water partition coefficient (Wildman–Crippen LogP) is -0.370. The smallest absolute Gasteiger partial charge is 0.211 e. The van der Waals surface area contributed by atoms with E-state index >= 15 is 0 Å². The third-order valence-corrected chi connectivity index (χ3v) is 3.38. The number of nitrogens with one attached hydrogen (secondary N) is 1. The lowest BCUT2D eigenvalue weighted by atomic mass is 10.3. The third-order valence-electron chi connectivity index (χ3n) is 2.11. The first-order valence-corrected chi connectivity index (χ1v) is 6.07. The van der Waals surface area contributed by atoms with Crippen LogP contribution in [0.1, 0.15) is 13.3 Å². The van der Waals surface area contributed by atoms with Gasteiger partial charge in [-0.2, -0.15) is 0 Å². The lowest BCUT2D eigenvalue weighted by Crippen LogP contribution is -2.34. The zero-order valence-electron chi connectivity index (χ0n) is 7.58. The zero-order valence-corrected chi connectivity index (χ0v) is 8.39. The summed E-state index contributed by atoms with van der Waals surface area (Å²) in [6.45, 7) is 4.23. The predicted molar refractivity (Wildman–Crippen MR) is 48.5 cm³/mol. The summed E-state index contributed by atoms with van der Waals surface area (Å²) in [5.74, 6) is 0. The van der Waals surface area contributed by atoms with E-state index in [1.807, 2.05) is 6.92 Å². The summed E-state index contributed by atoms with van der Waals surface area (Å²) in [5, 5.41) is 3.24. The van der Waals surface area contributed by atoms with Gasteiger partial charge in [-0.1, -0.05) is 6.92 Å².